The van der Waals surface area contributed by atoms with Gasteiger partial charge in [0.05, 0.1) is 0 Å². The van der Waals surface area contributed by atoms with Crippen molar-refractivity contribution < 1.29 is 18.7 Å². The molecule has 0 bridgehead atoms. The predicted molar refractivity (Wildman–Crippen MR) is 79.3 cm³/mol. The third kappa shape index (κ3) is 5.01. The topological polar surface area (TPSA) is 55.4 Å². The van der Waals surface area contributed by atoms with Crippen LogP contribution in [0.5, 0.6) is 0 Å². The van der Waals surface area contributed by atoms with E-state index in [4.69, 9.17) is 4.74 Å². The van der Waals surface area contributed by atoms with Gasteiger partial charge in [0.1, 0.15) is 18.5 Å². The largest absolute Gasteiger partial charge is 0.445 e. The number of amides is 1. The summed E-state index contributed by atoms with van der Waals surface area (Å²) in [6.45, 7) is 0.120. The summed E-state index contributed by atoms with van der Waals surface area (Å²) < 4.78 is 17.8. The molecule has 113 valence electrons. The van der Waals surface area contributed by atoms with Crippen molar-refractivity contribution in [1.29, 1.82) is 0 Å². The minimum Gasteiger partial charge on any atom is -0.445 e. The van der Waals surface area contributed by atoms with Gasteiger partial charge in [0.15, 0.2) is 0 Å². The van der Waals surface area contributed by atoms with Crippen LogP contribution < -0.4 is 5.32 Å². The smallest absolute Gasteiger partial charge is 0.408 e. The molecular formula is C17H15FNO3. The first-order chi connectivity index (χ1) is 10.7. The number of nitrogens with one attached hydrogen (secondary N) is 1. The predicted octanol–water partition coefficient (Wildman–Crippen LogP) is 2.77. The van der Waals surface area contributed by atoms with E-state index in [0.717, 1.165) is 11.1 Å². The number of halogens is 1. The zero-order valence-corrected chi connectivity index (χ0v) is 11.8. The van der Waals surface area contributed by atoms with Gasteiger partial charge >= 0.3 is 6.09 Å². The molecule has 0 heterocycles. The van der Waals surface area contributed by atoms with E-state index in [9.17, 15) is 14.0 Å². The van der Waals surface area contributed by atoms with Crippen molar-refractivity contribution in [3.8, 4) is 0 Å². The molecule has 0 fully saturated rings. The summed E-state index contributed by atoms with van der Waals surface area (Å²) in [7, 11) is 0. The Morgan fingerprint density at radius 2 is 1.77 bits per heavy atom. The SMILES string of the molecule is O=[C][C@H](Cc1ccc(F)cc1)NC(=O)OCc1ccccc1. The monoisotopic (exact) mass is 300 g/mol. The van der Waals surface area contributed by atoms with E-state index in [1.807, 2.05) is 30.3 Å². The molecule has 5 heteroatoms. The van der Waals surface area contributed by atoms with Crippen LogP contribution in [0.25, 0.3) is 0 Å². The van der Waals surface area contributed by atoms with Gasteiger partial charge in [-0.2, -0.15) is 0 Å². The van der Waals surface area contributed by atoms with Crippen LogP contribution in [0.4, 0.5) is 9.18 Å². The molecule has 0 saturated heterocycles. The van der Waals surface area contributed by atoms with Crippen LogP contribution in [-0.4, -0.2) is 18.4 Å². The normalized spacial score (nSPS) is 11.5. The lowest BCUT2D eigenvalue weighted by Gasteiger charge is -2.12. The lowest BCUT2D eigenvalue weighted by Crippen LogP contribution is -2.37. The summed E-state index contributed by atoms with van der Waals surface area (Å²) in [5.41, 5.74) is 1.57. The zero-order valence-electron chi connectivity index (χ0n) is 11.8. The molecule has 0 aromatic heterocycles. The third-order valence-electron chi connectivity index (χ3n) is 3.00. The van der Waals surface area contributed by atoms with E-state index in [0.29, 0.717) is 0 Å². The second kappa shape index (κ2) is 7.93. The Hall–Kier alpha value is -2.69. The van der Waals surface area contributed by atoms with Crippen molar-refractivity contribution in [2.45, 2.75) is 19.1 Å². The molecule has 0 saturated carbocycles. The maximum absolute atomic E-state index is 12.8. The highest BCUT2D eigenvalue weighted by atomic mass is 19.1. The van der Waals surface area contributed by atoms with Crippen LogP contribution in [0, 0.1) is 5.82 Å². The molecule has 1 radical (unpaired) electrons. The fraction of sp³-hybridized carbons (Fsp3) is 0.176. The first kappa shape index (κ1) is 15.7. The van der Waals surface area contributed by atoms with Crippen molar-refractivity contribution in [3.63, 3.8) is 0 Å². The Morgan fingerprint density at radius 3 is 2.41 bits per heavy atom. The third-order valence-corrected chi connectivity index (χ3v) is 3.00. The molecule has 4 nitrogen and oxygen atoms in total. The Labute approximate surface area is 127 Å². The van der Waals surface area contributed by atoms with Crippen LogP contribution in [-0.2, 0) is 22.6 Å². The van der Waals surface area contributed by atoms with Gasteiger partial charge in [-0.1, -0.05) is 42.5 Å². The van der Waals surface area contributed by atoms with Crippen LogP contribution >= 0.6 is 0 Å². The van der Waals surface area contributed by atoms with E-state index in [1.165, 1.54) is 12.1 Å². The van der Waals surface area contributed by atoms with Crippen LogP contribution in [0.3, 0.4) is 0 Å². The highest BCUT2D eigenvalue weighted by Gasteiger charge is 2.14. The lowest BCUT2D eigenvalue weighted by molar-refractivity contribution is 0.138. The molecule has 2 aromatic rings. The van der Waals surface area contributed by atoms with Gasteiger partial charge in [-0.3, -0.25) is 4.79 Å². The highest BCUT2D eigenvalue weighted by Crippen LogP contribution is 2.06. The Bertz CT molecular complexity index is 614. The summed E-state index contributed by atoms with van der Waals surface area (Å²) in [4.78, 5) is 22.6. The summed E-state index contributed by atoms with van der Waals surface area (Å²) in [6.07, 6.45) is 1.27. The number of carbonyl (C=O) groups is 1. The van der Waals surface area contributed by atoms with Crippen molar-refractivity contribution >= 4 is 12.4 Å². The second-order valence-corrected chi connectivity index (χ2v) is 4.71. The summed E-state index contributed by atoms with van der Waals surface area (Å²) in [5, 5.41) is 2.42. The molecule has 0 aliphatic heterocycles. The summed E-state index contributed by atoms with van der Waals surface area (Å²) >= 11 is 0. The molecule has 1 amide bonds. The average molecular weight is 300 g/mol. The van der Waals surface area contributed by atoms with Crippen molar-refractivity contribution in [3.05, 3.63) is 71.5 Å². The molecule has 0 aliphatic rings. The number of carbonyl (C=O) groups excluding carboxylic acids is 2. The van der Waals surface area contributed by atoms with E-state index in [2.05, 4.69) is 5.32 Å². The summed E-state index contributed by atoms with van der Waals surface area (Å²) in [5.74, 6) is -0.356. The number of alkyl carbamates (subject to hydrolysis) is 1. The molecule has 0 unspecified atom stereocenters. The standard InChI is InChI=1S/C17H15FNO3/c18-15-8-6-13(7-9-15)10-16(11-20)19-17(21)22-12-14-4-2-1-3-5-14/h1-9,16H,10,12H2,(H,19,21)/t16-/m0/s1. The number of hydrogen-bond donors (Lipinski definition) is 1. The Kier molecular flexibility index (Phi) is 5.65. The molecule has 2 aromatic carbocycles. The molecule has 2 rings (SSSR count). The molecule has 1 atom stereocenters. The number of benzene rings is 2. The van der Waals surface area contributed by atoms with Crippen molar-refractivity contribution in [1.82, 2.24) is 5.32 Å². The van der Waals surface area contributed by atoms with Crippen molar-refractivity contribution in [2.75, 3.05) is 0 Å². The highest BCUT2D eigenvalue weighted by molar-refractivity contribution is 5.73. The number of ether oxygens (including phenoxy) is 1. The van der Waals surface area contributed by atoms with E-state index >= 15 is 0 Å². The molecular weight excluding hydrogens is 285 g/mol. The second-order valence-electron chi connectivity index (χ2n) is 4.71. The Morgan fingerprint density at radius 1 is 1.09 bits per heavy atom. The maximum atomic E-state index is 12.8. The average Bonchev–Trinajstić information content (AvgIpc) is 2.55. The van der Waals surface area contributed by atoms with Crippen LogP contribution in [0.15, 0.2) is 54.6 Å². The van der Waals surface area contributed by atoms with Gasteiger partial charge in [0, 0.05) is 6.42 Å². The quantitative estimate of drug-likeness (QED) is 0.892. The first-order valence-corrected chi connectivity index (χ1v) is 6.76. The lowest BCUT2D eigenvalue weighted by atomic mass is 10.1. The zero-order chi connectivity index (χ0) is 15.8. The fourth-order valence-electron chi connectivity index (χ4n) is 1.89. The van der Waals surface area contributed by atoms with Gasteiger partial charge in [-0.25, -0.2) is 9.18 Å². The summed E-state index contributed by atoms with van der Waals surface area (Å²) in [6, 6.07) is 14.1. The van der Waals surface area contributed by atoms with E-state index in [1.54, 1.807) is 18.4 Å². The molecule has 0 aliphatic carbocycles. The van der Waals surface area contributed by atoms with Crippen molar-refractivity contribution in [2.24, 2.45) is 0 Å². The number of rotatable bonds is 6. The van der Waals surface area contributed by atoms with Gasteiger partial charge in [-0.05, 0) is 23.3 Å². The Balaban J connectivity index is 1.83. The van der Waals surface area contributed by atoms with E-state index in [-0.39, 0.29) is 18.8 Å². The van der Waals surface area contributed by atoms with Gasteiger partial charge in [0.2, 0.25) is 6.29 Å². The minimum atomic E-state index is -0.839. The van der Waals surface area contributed by atoms with Gasteiger partial charge in [0.25, 0.3) is 0 Å². The van der Waals surface area contributed by atoms with Gasteiger partial charge in [-0.15, -0.1) is 0 Å². The number of hydrogen-bond acceptors (Lipinski definition) is 3. The van der Waals surface area contributed by atoms with Gasteiger partial charge < -0.3 is 10.1 Å². The minimum absolute atomic E-state index is 0.120. The van der Waals surface area contributed by atoms with E-state index < -0.39 is 12.1 Å². The maximum Gasteiger partial charge on any atom is 0.408 e. The first-order valence-electron chi connectivity index (χ1n) is 6.76. The molecule has 22 heavy (non-hydrogen) atoms. The van der Waals surface area contributed by atoms with Crippen LogP contribution in [0.2, 0.25) is 0 Å². The molecule has 1 N–H and O–H groups in total. The molecule has 0 spiro atoms. The van der Waals surface area contributed by atoms with Crippen LogP contribution in [0.1, 0.15) is 11.1 Å². The fourth-order valence-corrected chi connectivity index (χ4v) is 1.89.